The molecule has 0 bridgehead atoms. The van der Waals surface area contributed by atoms with Crippen LogP contribution in [0.15, 0.2) is 19.0 Å². The van der Waals surface area contributed by atoms with Crippen molar-refractivity contribution < 1.29 is 19.7 Å². The maximum atomic E-state index is 9.84. The lowest BCUT2D eigenvalue weighted by Gasteiger charge is -2.13. The van der Waals surface area contributed by atoms with Crippen LogP contribution in [0.3, 0.4) is 0 Å². The Labute approximate surface area is 131 Å². The molecule has 0 aliphatic carbocycles. The van der Waals surface area contributed by atoms with E-state index < -0.39 is 18.4 Å². The maximum absolute atomic E-state index is 9.84. The summed E-state index contributed by atoms with van der Waals surface area (Å²) in [7, 11) is 0. The number of aliphatic hydroxyl groups is 2. The van der Waals surface area contributed by atoms with Crippen molar-refractivity contribution in [3.05, 3.63) is 24.3 Å². The molecule has 8 nitrogen and oxygen atoms in total. The van der Waals surface area contributed by atoms with E-state index in [9.17, 15) is 5.11 Å². The van der Waals surface area contributed by atoms with E-state index >= 15 is 0 Å². The number of aliphatic hydroxyl groups excluding tert-OH is 2. The second kappa shape index (κ2) is 6.17. The Kier molecular flexibility index (Phi) is 4.25. The SMILES string of the molecule is C=CCOc1nc(Cl)nc2c1ncn2C1CC(O)C(CO)O1. The number of hydrogen-bond donors (Lipinski definition) is 2. The van der Waals surface area contributed by atoms with Gasteiger partial charge in [-0.1, -0.05) is 12.7 Å². The smallest absolute Gasteiger partial charge is 0.247 e. The molecule has 2 aromatic rings. The first-order valence-corrected chi connectivity index (χ1v) is 7.10. The zero-order valence-electron chi connectivity index (χ0n) is 11.6. The summed E-state index contributed by atoms with van der Waals surface area (Å²) in [6.45, 7) is 3.58. The van der Waals surface area contributed by atoms with Crippen LogP contribution in [0.4, 0.5) is 0 Å². The fourth-order valence-corrected chi connectivity index (χ4v) is 2.52. The first-order chi connectivity index (χ1) is 10.6. The van der Waals surface area contributed by atoms with Crippen LogP contribution in [-0.2, 0) is 4.74 Å². The molecular formula is C13H15ClN4O4. The monoisotopic (exact) mass is 326 g/mol. The van der Waals surface area contributed by atoms with Gasteiger partial charge in [0.25, 0.3) is 0 Å². The summed E-state index contributed by atoms with van der Waals surface area (Å²) in [5.74, 6) is 0.255. The van der Waals surface area contributed by atoms with Gasteiger partial charge < -0.3 is 19.7 Å². The average Bonchev–Trinajstić information content (AvgIpc) is 3.07. The highest BCUT2D eigenvalue weighted by atomic mass is 35.5. The van der Waals surface area contributed by atoms with Crippen LogP contribution in [0.25, 0.3) is 11.2 Å². The zero-order chi connectivity index (χ0) is 15.7. The van der Waals surface area contributed by atoms with E-state index in [1.165, 1.54) is 6.33 Å². The summed E-state index contributed by atoms with van der Waals surface area (Å²) in [6.07, 6.45) is 1.56. The minimum atomic E-state index is -0.749. The third-order valence-corrected chi connectivity index (χ3v) is 3.56. The molecular weight excluding hydrogens is 312 g/mol. The normalized spacial score (nSPS) is 24.8. The first kappa shape index (κ1) is 15.2. The summed E-state index contributed by atoms with van der Waals surface area (Å²) in [5, 5.41) is 19.0. The van der Waals surface area contributed by atoms with Crippen LogP contribution in [0.5, 0.6) is 5.88 Å². The van der Waals surface area contributed by atoms with Gasteiger partial charge in [-0.05, 0) is 11.6 Å². The number of imidazole rings is 1. The molecule has 1 aliphatic heterocycles. The second-order valence-corrected chi connectivity index (χ2v) is 5.17. The molecule has 3 heterocycles. The number of fused-ring (bicyclic) bond motifs is 1. The number of halogens is 1. The van der Waals surface area contributed by atoms with Crippen LogP contribution in [-0.4, -0.2) is 55.2 Å². The van der Waals surface area contributed by atoms with Crippen molar-refractivity contribution in [2.24, 2.45) is 0 Å². The molecule has 0 amide bonds. The van der Waals surface area contributed by atoms with Crippen LogP contribution in [0, 0.1) is 0 Å². The van der Waals surface area contributed by atoms with Crippen molar-refractivity contribution in [3.8, 4) is 5.88 Å². The third-order valence-electron chi connectivity index (χ3n) is 3.39. The minimum Gasteiger partial charge on any atom is -0.472 e. The molecule has 1 aliphatic rings. The summed E-state index contributed by atoms with van der Waals surface area (Å²) in [5.41, 5.74) is 0.881. The molecule has 118 valence electrons. The van der Waals surface area contributed by atoms with Crippen molar-refractivity contribution >= 4 is 22.8 Å². The van der Waals surface area contributed by atoms with Gasteiger partial charge in [-0.25, -0.2) is 4.98 Å². The van der Waals surface area contributed by atoms with Gasteiger partial charge in [0.1, 0.15) is 18.9 Å². The molecule has 9 heteroatoms. The highest BCUT2D eigenvalue weighted by Gasteiger charge is 2.35. The van der Waals surface area contributed by atoms with Gasteiger partial charge in [-0.15, -0.1) is 0 Å². The lowest BCUT2D eigenvalue weighted by molar-refractivity contribution is -0.0432. The predicted octanol–water partition coefficient (Wildman–Crippen LogP) is 0.685. The number of aromatic nitrogens is 4. The van der Waals surface area contributed by atoms with Crippen molar-refractivity contribution in [1.82, 2.24) is 19.5 Å². The number of ether oxygens (including phenoxy) is 2. The Hall–Kier alpha value is -1.74. The average molecular weight is 327 g/mol. The van der Waals surface area contributed by atoms with Crippen molar-refractivity contribution in [3.63, 3.8) is 0 Å². The molecule has 0 saturated carbocycles. The molecule has 0 spiro atoms. The fourth-order valence-electron chi connectivity index (χ4n) is 2.36. The molecule has 22 heavy (non-hydrogen) atoms. The Bertz CT molecular complexity index is 692. The summed E-state index contributed by atoms with van der Waals surface area (Å²) in [6, 6.07) is 0. The van der Waals surface area contributed by atoms with E-state index in [2.05, 4.69) is 21.5 Å². The van der Waals surface area contributed by atoms with Gasteiger partial charge >= 0.3 is 0 Å². The summed E-state index contributed by atoms with van der Waals surface area (Å²) >= 11 is 5.92. The van der Waals surface area contributed by atoms with Crippen LogP contribution >= 0.6 is 11.6 Å². The van der Waals surface area contributed by atoms with Crippen molar-refractivity contribution in [1.29, 1.82) is 0 Å². The molecule has 3 atom stereocenters. The van der Waals surface area contributed by atoms with E-state index in [1.807, 2.05) is 0 Å². The molecule has 3 rings (SSSR count). The number of rotatable bonds is 5. The van der Waals surface area contributed by atoms with E-state index in [-0.39, 0.29) is 24.4 Å². The minimum absolute atomic E-state index is 0.0190. The maximum Gasteiger partial charge on any atom is 0.247 e. The number of nitrogens with zero attached hydrogens (tertiary/aromatic N) is 4. The highest BCUT2D eigenvalue weighted by Crippen LogP contribution is 2.32. The molecule has 1 saturated heterocycles. The number of hydrogen-bond acceptors (Lipinski definition) is 7. The van der Waals surface area contributed by atoms with Gasteiger partial charge in [-0.2, -0.15) is 9.97 Å². The molecule has 3 unspecified atom stereocenters. The third kappa shape index (κ3) is 2.66. The standard InChI is InChI=1S/C13H15ClN4O4/c1-2-3-21-12-10-11(16-13(14)17-12)18(6-15-10)9-4-7(20)8(5-19)22-9/h2,6-9,19-20H,1,3-5H2. The fraction of sp³-hybridized carbons (Fsp3) is 0.462. The predicted molar refractivity (Wildman–Crippen MR) is 77.6 cm³/mol. The van der Waals surface area contributed by atoms with Crippen LogP contribution in [0.1, 0.15) is 12.6 Å². The zero-order valence-corrected chi connectivity index (χ0v) is 12.3. The van der Waals surface area contributed by atoms with Gasteiger partial charge in [0.15, 0.2) is 11.2 Å². The second-order valence-electron chi connectivity index (χ2n) is 4.84. The van der Waals surface area contributed by atoms with Crippen LogP contribution < -0.4 is 4.74 Å². The van der Waals surface area contributed by atoms with Gasteiger partial charge in [0.05, 0.1) is 19.0 Å². The molecule has 2 N–H and O–H groups in total. The highest BCUT2D eigenvalue weighted by molar-refractivity contribution is 6.28. The van der Waals surface area contributed by atoms with Crippen molar-refractivity contribution in [2.75, 3.05) is 13.2 Å². The molecule has 1 fully saturated rings. The quantitative estimate of drug-likeness (QED) is 0.615. The molecule has 2 aromatic heterocycles. The Morgan fingerprint density at radius 3 is 3.05 bits per heavy atom. The molecule has 0 radical (unpaired) electrons. The van der Waals surface area contributed by atoms with Crippen LogP contribution in [0.2, 0.25) is 5.28 Å². The Balaban J connectivity index is 1.98. The molecule has 0 aromatic carbocycles. The summed E-state index contributed by atoms with van der Waals surface area (Å²) < 4.78 is 12.7. The van der Waals surface area contributed by atoms with E-state index in [0.29, 0.717) is 17.6 Å². The first-order valence-electron chi connectivity index (χ1n) is 6.72. The topological polar surface area (TPSA) is 103 Å². The lowest BCUT2D eigenvalue weighted by Crippen LogP contribution is -2.24. The van der Waals surface area contributed by atoms with Gasteiger partial charge in [-0.3, -0.25) is 4.57 Å². The largest absolute Gasteiger partial charge is 0.472 e. The Morgan fingerprint density at radius 2 is 2.36 bits per heavy atom. The van der Waals surface area contributed by atoms with E-state index in [0.717, 1.165) is 0 Å². The van der Waals surface area contributed by atoms with E-state index in [4.69, 9.17) is 26.2 Å². The van der Waals surface area contributed by atoms with E-state index in [1.54, 1.807) is 10.6 Å². The lowest BCUT2D eigenvalue weighted by atomic mass is 10.2. The summed E-state index contributed by atoms with van der Waals surface area (Å²) in [4.78, 5) is 12.4. The van der Waals surface area contributed by atoms with Gasteiger partial charge in [0, 0.05) is 6.42 Å². The van der Waals surface area contributed by atoms with Gasteiger partial charge in [0.2, 0.25) is 11.2 Å². The Morgan fingerprint density at radius 1 is 1.55 bits per heavy atom. The van der Waals surface area contributed by atoms with Crippen molar-refractivity contribution in [2.45, 2.75) is 24.9 Å².